The first kappa shape index (κ1) is 26.7. The van der Waals surface area contributed by atoms with Crippen LogP contribution in [0.3, 0.4) is 0 Å². The van der Waals surface area contributed by atoms with E-state index in [1.54, 1.807) is 28.8 Å². The smallest absolute Gasteiger partial charge is 0.251 e. The van der Waals surface area contributed by atoms with E-state index in [4.69, 9.17) is 0 Å². The maximum atomic E-state index is 14.0. The molecule has 7 nitrogen and oxygen atoms in total. The number of piperidine rings is 1. The van der Waals surface area contributed by atoms with Crippen LogP contribution in [0.15, 0.2) is 54.9 Å². The molecule has 39 heavy (non-hydrogen) atoms. The van der Waals surface area contributed by atoms with Crippen molar-refractivity contribution >= 4 is 22.0 Å². The number of allylic oxidation sites excluding steroid dienone is 1. The molecule has 6 rings (SSSR count). The van der Waals surface area contributed by atoms with Gasteiger partial charge in [-0.3, -0.25) is 9.78 Å². The van der Waals surface area contributed by atoms with E-state index >= 15 is 0 Å². The molecule has 1 aromatic carbocycles. The predicted molar refractivity (Wildman–Crippen MR) is 151 cm³/mol. The Morgan fingerprint density at radius 3 is 2.54 bits per heavy atom. The van der Waals surface area contributed by atoms with Crippen molar-refractivity contribution in [1.82, 2.24) is 14.6 Å². The zero-order chi connectivity index (χ0) is 27.5. The highest BCUT2D eigenvalue weighted by Crippen LogP contribution is 2.71. The summed E-state index contributed by atoms with van der Waals surface area (Å²) >= 11 is 0. The first-order chi connectivity index (χ1) is 18.5. The minimum Gasteiger partial charge on any atom is -0.389 e. The number of amides is 1. The van der Waals surface area contributed by atoms with Crippen LogP contribution >= 0.6 is 0 Å². The number of carbonyl (C=O) groups is 1. The van der Waals surface area contributed by atoms with Crippen molar-refractivity contribution in [2.45, 2.75) is 63.4 Å². The Kier molecular flexibility index (Phi) is 6.32. The molecule has 208 valence electrons. The number of rotatable bonds is 7. The highest BCUT2D eigenvalue weighted by atomic mass is 32.2. The number of pyridine rings is 1. The van der Waals surface area contributed by atoms with Crippen molar-refractivity contribution in [3.05, 3.63) is 71.6 Å². The highest BCUT2D eigenvalue weighted by Gasteiger charge is 2.71. The number of aromatic nitrogens is 1. The lowest BCUT2D eigenvalue weighted by Crippen LogP contribution is -2.57. The first-order valence-electron chi connectivity index (χ1n) is 14.2. The van der Waals surface area contributed by atoms with Gasteiger partial charge in [0, 0.05) is 48.4 Å². The van der Waals surface area contributed by atoms with Crippen molar-refractivity contribution in [2.75, 3.05) is 25.4 Å². The number of carbonyl (C=O) groups excluding carboxylic acids is 1. The minimum atomic E-state index is -3.61. The van der Waals surface area contributed by atoms with Gasteiger partial charge in [-0.1, -0.05) is 50.3 Å². The van der Waals surface area contributed by atoms with E-state index < -0.39 is 21.0 Å². The Balaban J connectivity index is 1.17. The molecule has 2 heterocycles. The van der Waals surface area contributed by atoms with Gasteiger partial charge in [0.25, 0.3) is 5.91 Å². The van der Waals surface area contributed by atoms with Crippen LogP contribution in [-0.2, 0) is 15.4 Å². The summed E-state index contributed by atoms with van der Waals surface area (Å²) < 4.78 is 29.7. The third-order valence-corrected chi connectivity index (χ3v) is 12.9. The van der Waals surface area contributed by atoms with Gasteiger partial charge in [-0.05, 0) is 73.1 Å². The van der Waals surface area contributed by atoms with Crippen molar-refractivity contribution < 1.29 is 18.3 Å². The van der Waals surface area contributed by atoms with Crippen molar-refractivity contribution in [3.63, 3.8) is 0 Å². The Bertz CT molecular complexity index is 1400. The van der Waals surface area contributed by atoms with Crippen molar-refractivity contribution in [3.8, 4) is 0 Å². The molecule has 1 amide bonds. The largest absolute Gasteiger partial charge is 0.389 e. The van der Waals surface area contributed by atoms with Crippen LogP contribution in [0.4, 0.5) is 0 Å². The van der Waals surface area contributed by atoms with Crippen LogP contribution < -0.4 is 5.32 Å². The van der Waals surface area contributed by atoms with E-state index in [2.05, 4.69) is 54.5 Å². The normalized spacial score (nSPS) is 30.5. The fraction of sp³-hybridized carbons (Fsp3) is 0.548. The summed E-state index contributed by atoms with van der Waals surface area (Å²) in [4.78, 5) is 16.5. The van der Waals surface area contributed by atoms with E-state index in [-0.39, 0.29) is 28.4 Å². The fourth-order valence-corrected chi connectivity index (χ4v) is 10.8. The van der Waals surface area contributed by atoms with Crippen LogP contribution in [0, 0.1) is 16.7 Å². The molecule has 3 atom stereocenters. The summed E-state index contributed by atoms with van der Waals surface area (Å²) in [6, 6.07) is 11.7. The zero-order valence-corrected chi connectivity index (χ0v) is 23.7. The van der Waals surface area contributed by atoms with E-state index in [1.165, 1.54) is 11.1 Å². The van der Waals surface area contributed by atoms with Gasteiger partial charge in [-0.15, -0.1) is 0 Å². The molecule has 2 saturated carbocycles. The maximum Gasteiger partial charge on any atom is 0.251 e. The summed E-state index contributed by atoms with van der Waals surface area (Å²) in [7, 11) is -3.61. The predicted octanol–water partition coefficient (Wildman–Crippen LogP) is 4.15. The van der Waals surface area contributed by atoms with Gasteiger partial charge < -0.3 is 10.4 Å². The van der Waals surface area contributed by atoms with Crippen molar-refractivity contribution in [1.29, 1.82) is 0 Å². The third-order valence-electron chi connectivity index (χ3n) is 10.9. The second kappa shape index (κ2) is 9.25. The molecule has 8 heteroatoms. The van der Waals surface area contributed by atoms with E-state index in [0.717, 1.165) is 19.3 Å². The quantitative estimate of drug-likeness (QED) is 0.541. The fourth-order valence-electron chi connectivity index (χ4n) is 8.45. The molecule has 0 radical (unpaired) electrons. The monoisotopic (exact) mass is 549 g/mol. The molecule has 0 unspecified atom stereocenters. The number of nitrogens with one attached hydrogen (secondary N) is 1. The van der Waals surface area contributed by atoms with Crippen LogP contribution in [0.5, 0.6) is 0 Å². The molecule has 3 aliphatic carbocycles. The van der Waals surface area contributed by atoms with E-state index in [1.807, 2.05) is 6.07 Å². The molecule has 1 spiro atoms. The number of aliphatic hydroxyl groups is 1. The second-order valence-corrected chi connectivity index (χ2v) is 14.7. The van der Waals surface area contributed by atoms with Crippen LogP contribution in [-0.4, -0.2) is 59.7 Å². The summed E-state index contributed by atoms with van der Waals surface area (Å²) in [5.41, 5.74) is 0.763. The Morgan fingerprint density at radius 1 is 1.10 bits per heavy atom. The molecule has 2 bridgehead atoms. The molecule has 4 aliphatic rings. The number of hydrogen-bond acceptors (Lipinski definition) is 5. The molecule has 2 N–H and O–H groups in total. The standard InChI is InChI=1S/C31H39N3O4S/c1-28(2)25-8-12-30(28,31(36,21-25)13-18-33-27(35)24-9-16-32-17-10-24)22-39(37,38)34-19-14-29(15-20-34)11-7-23-5-3-4-6-26(23)29/h3-7,9-11,16-17,25,36H,8,12-15,18-22H2,1-2H3,(H,33,35)/t25-,30+,31-/m1/s1. The van der Waals surface area contributed by atoms with Gasteiger partial charge in [-0.25, -0.2) is 12.7 Å². The van der Waals surface area contributed by atoms with E-state index in [0.29, 0.717) is 44.5 Å². The summed E-state index contributed by atoms with van der Waals surface area (Å²) in [6.45, 7) is 5.54. The lowest BCUT2D eigenvalue weighted by atomic mass is 9.63. The lowest BCUT2D eigenvalue weighted by Gasteiger charge is -2.49. The van der Waals surface area contributed by atoms with Crippen LogP contribution in [0.2, 0.25) is 0 Å². The molecular formula is C31H39N3O4S. The zero-order valence-electron chi connectivity index (χ0n) is 22.9. The number of sulfonamides is 1. The molecule has 1 aromatic heterocycles. The van der Waals surface area contributed by atoms with Gasteiger partial charge in [0.1, 0.15) is 0 Å². The first-order valence-corrected chi connectivity index (χ1v) is 15.8. The van der Waals surface area contributed by atoms with Gasteiger partial charge >= 0.3 is 0 Å². The number of nitrogens with zero attached hydrogens (tertiary/aromatic N) is 2. The van der Waals surface area contributed by atoms with Gasteiger partial charge in [0.15, 0.2) is 0 Å². The lowest BCUT2D eigenvalue weighted by molar-refractivity contribution is -0.0919. The number of hydrogen-bond donors (Lipinski definition) is 2. The maximum absolute atomic E-state index is 14.0. The number of fused-ring (bicyclic) bond motifs is 4. The van der Waals surface area contributed by atoms with Gasteiger partial charge in [-0.2, -0.15) is 0 Å². The van der Waals surface area contributed by atoms with Gasteiger partial charge in [0.05, 0.1) is 11.4 Å². The van der Waals surface area contributed by atoms with E-state index in [9.17, 15) is 18.3 Å². The average Bonchev–Trinajstić information content (AvgIpc) is 3.45. The minimum absolute atomic E-state index is 0.0439. The Morgan fingerprint density at radius 2 is 1.82 bits per heavy atom. The summed E-state index contributed by atoms with van der Waals surface area (Å²) in [5, 5.41) is 15.1. The Labute approximate surface area is 231 Å². The molecule has 1 aliphatic heterocycles. The SMILES string of the molecule is CC1(C)[C@@H]2CC[C@@]1(CS(=O)(=O)N1CCC3(C=Cc4ccccc43)CC1)[C@@](O)(CCNC(=O)c1ccncc1)C2. The molecular weight excluding hydrogens is 510 g/mol. The topological polar surface area (TPSA) is 99.6 Å². The van der Waals surface area contributed by atoms with Crippen LogP contribution in [0.1, 0.15) is 73.9 Å². The number of benzene rings is 1. The Hall–Kier alpha value is -2.55. The summed E-state index contributed by atoms with van der Waals surface area (Å²) in [6.07, 6.45) is 11.7. The molecule has 2 aromatic rings. The second-order valence-electron chi connectivity index (χ2n) is 12.7. The highest BCUT2D eigenvalue weighted by molar-refractivity contribution is 7.89. The molecule has 3 fully saturated rings. The van der Waals surface area contributed by atoms with Gasteiger partial charge in [0.2, 0.25) is 10.0 Å². The summed E-state index contributed by atoms with van der Waals surface area (Å²) in [5.74, 6) is 0.00536. The molecule has 1 saturated heterocycles. The van der Waals surface area contributed by atoms with Crippen LogP contribution in [0.25, 0.3) is 6.08 Å². The van der Waals surface area contributed by atoms with Crippen molar-refractivity contribution in [2.24, 2.45) is 16.7 Å². The average molecular weight is 550 g/mol. The third kappa shape index (κ3) is 4.09.